The van der Waals surface area contributed by atoms with Gasteiger partial charge in [0.05, 0.1) is 5.69 Å². The fourth-order valence-corrected chi connectivity index (χ4v) is 2.55. The van der Waals surface area contributed by atoms with Crippen LogP contribution in [0.15, 0.2) is 48.5 Å². The number of aromatic nitrogens is 1. The molecule has 3 aromatic rings. The van der Waals surface area contributed by atoms with Crippen molar-refractivity contribution >= 4 is 5.82 Å². The highest BCUT2D eigenvalue weighted by Gasteiger charge is 2.17. The molecule has 0 spiro atoms. The summed E-state index contributed by atoms with van der Waals surface area (Å²) in [7, 11) is 0. The van der Waals surface area contributed by atoms with Gasteiger partial charge in [0.2, 0.25) is 0 Å². The molecule has 0 aliphatic rings. The van der Waals surface area contributed by atoms with Crippen LogP contribution in [0.2, 0.25) is 0 Å². The van der Waals surface area contributed by atoms with E-state index in [1.807, 2.05) is 37.3 Å². The van der Waals surface area contributed by atoms with Gasteiger partial charge in [-0.25, -0.2) is 13.8 Å². The van der Waals surface area contributed by atoms with Crippen LogP contribution in [0.4, 0.5) is 14.6 Å². The topological polar surface area (TPSA) is 62.7 Å². The fraction of sp³-hybridized carbons (Fsp3) is 0.0526. The number of halogens is 2. The molecule has 2 N–H and O–H groups in total. The Morgan fingerprint density at radius 2 is 1.83 bits per heavy atom. The van der Waals surface area contributed by atoms with Crippen molar-refractivity contribution in [2.24, 2.45) is 0 Å². The minimum atomic E-state index is -0.631. The van der Waals surface area contributed by atoms with E-state index in [2.05, 4.69) is 4.98 Å². The lowest BCUT2D eigenvalue weighted by atomic mass is 9.97. The molecule has 5 heteroatoms. The molecule has 1 aromatic heterocycles. The van der Waals surface area contributed by atoms with Crippen LogP contribution in [0.1, 0.15) is 11.1 Å². The lowest BCUT2D eigenvalue weighted by Crippen LogP contribution is -2.01. The van der Waals surface area contributed by atoms with Crippen molar-refractivity contribution in [3.63, 3.8) is 0 Å². The number of benzene rings is 2. The average Bonchev–Trinajstić information content (AvgIpc) is 2.56. The standard InChI is InChI=1S/C19H13F2N3/c1-11-3-2-4-12(7-11)18-9-14(16(10-22)19(23)24-18)15-8-13(20)5-6-17(15)21/h2-9H,1H3,(H2,23,24). The van der Waals surface area contributed by atoms with E-state index in [9.17, 15) is 14.0 Å². The maximum Gasteiger partial charge on any atom is 0.142 e. The molecule has 0 saturated carbocycles. The maximum atomic E-state index is 14.2. The first-order valence-corrected chi connectivity index (χ1v) is 7.22. The monoisotopic (exact) mass is 321 g/mol. The molecule has 0 amide bonds. The average molecular weight is 321 g/mol. The minimum absolute atomic E-state index is 0.0184. The van der Waals surface area contributed by atoms with E-state index in [0.29, 0.717) is 5.69 Å². The number of anilines is 1. The van der Waals surface area contributed by atoms with Crippen molar-refractivity contribution in [1.82, 2.24) is 4.98 Å². The van der Waals surface area contributed by atoms with Crippen LogP contribution in [0.25, 0.3) is 22.4 Å². The first-order chi connectivity index (χ1) is 11.5. The Morgan fingerprint density at radius 1 is 1.04 bits per heavy atom. The van der Waals surface area contributed by atoms with Crippen LogP contribution in [0.5, 0.6) is 0 Å². The Kier molecular flexibility index (Phi) is 3.97. The third-order valence-corrected chi connectivity index (χ3v) is 3.69. The summed E-state index contributed by atoms with van der Waals surface area (Å²) in [4.78, 5) is 4.23. The van der Waals surface area contributed by atoms with Crippen LogP contribution < -0.4 is 5.73 Å². The lowest BCUT2D eigenvalue weighted by Gasteiger charge is -2.11. The number of nitrogens with two attached hydrogens (primary N) is 1. The van der Waals surface area contributed by atoms with Crippen LogP contribution in [-0.2, 0) is 0 Å². The number of hydrogen-bond donors (Lipinski definition) is 1. The zero-order valence-corrected chi connectivity index (χ0v) is 12.8. The highest BCUT2D eigenvalue weighted by Crippen LogP contribution is 2.33. The van der Waals surface area contributed by atoms with Gasteiger partial charge >= 0.3 is 0 Å². The quantitative estimate of drug-likeness (QED) is 0.758. The number of nitrogens with zero attached hydrogens (tertiary/aromatic N) is 2. The molecule has 0 aliphatic carbocycles. The van der Waals surface area contributed by atoms with Crippen LogP contribution in [-0.4, -0.2) is 4.98 Å². The third kappa shape index (κ3) is 2.82. The molecule has 3 nitrogen and oxygen atoms in total. The lowest BCUT2D eigenvalue weighted by molar-refractivity contribution is 0.603. The second kappa shape index (κ2) is 6.09. The molecule has 0 aliphatic heterocycles. The van der Waals surface area contributed by atoms with Crippen molar-refractivity contribution in [3.8, 4) is 28.5 Å². The van der Waals surface area contributed by atoms with E-state index in [-0.39, 0.29) is 22.5 Å². The van der Waals surface area contributed by atoms with Gasteiger partial charge in [-0.05, 0) is 37.3 Å². The molecule has 0 fully saturated rings. The van der Waals surface area contributed by atoms with E-state index < -0.39 is 11.6 Å². The van der Waals surface area contributed by atoms with Crippen molar-refractivity contribution in [1.29, 1.82) is 5.26 Å². The second-order valence-corrected chi connectivity index (χ2v) is 5.42. The molecule has 3 rings (SSSR count). The molecule has 2 aromatic carbocycles. The molecule has 0 unspecified atom stereocenters. The molecule has 118 valence electrons. The summed E-state index contributed by atoms with van der Waals surface area (Å²) in [6.07, 6.45) is 0. The summed E-state index contributed by atoms with van der Waals surface area (Å²) in [5.74, 6) is -1.24. The van der Waals surface area contributed by atoms with Gasteiger partial charge in [-0.1, -0.05) is 23.8 Å². The van der Waals surface area contributed by atoms with Crippen molar-refractivity contribution < 1.29 is 8.78 Å². The van der Waals surface area contributed by atoms with E-state index in [0.717, 1.165) is 29.3 Å². The predicted molar refractivity (Wildman–Crippen MR) is 88.9 cm³/mol. The van der Waals surface area contributed by atoms with Gasteiger partial charge in [-0.2, -0.15) is 5.26 Å². The third-order valence-electron chi connectivity index (χ3n) is 3.69. The number of hydrogen-bond acceptors (Lipinski definition) is 3. The van der Waals surface area contributed by atoms with E-state index in [1.165, 1.54) is 0 Å². The van der Waals surface area contributed by atoms with E-state index >= 15 is 0 Å². The van der Waals surface area contributed by atoms with Crippen molar-refractivity contribution in [2.45, 2.75) is 6.92 Å². The zero-order valence-electron chi connectivity index (χ0n) is 12.8. The van der Waals surface area contributed by atoms with Crippen LogP contribution in [0.3, 0.4) is 0 Å². The van der Waals surface area contributed by atoms with E-state index in [4.69, 9.17) is 5.73 Å². The number of rotatable bonds is 2. The first-order valence-electron chi connectivity index (χ1n) is 7.22. The fourth-order valence-electron chi connectivity index (χ4n) is 2.55. The minimum Gasteiger partial charge on any atom is -0.383 e. The Labute approximate surface area is 138 Å². The van der Waals surface area contributed by atoms with Gasteiger partial charge in [0, 0.05) is 16.7 Å². The molecule has 0 atom stereocenters. The van der Waals surface area contributed by atoms with Gasteiger partial charge in [-0.15, -0.1) is 0 Å². The summed E-state index contributed by atoms with van der Waals surface area (Å²) in [6, 6.07) is 14.1. The molecule has 24 heavy (non-hydrogen) atoms. The zero-order chi connectivity index (χ0) is 17.3. The van der Waals surface area contributed by atoms with Gasteiger partial charge in [0.1, 0.15) is 29.1 Å². The predicted octanol–water partition coefficient (Wildman–Crippen LogP) is 4.46. The highest BCUT2D eigenvalue weighted by atomic mass is 19.1. The second-order valence-electron chi connectivity index (χ2n) is 5.42. The SMILES string of the molecule is Cc1cccc(-c2cc(-c3cc(F)ccc3F)c(C#N)c(N)n2)c1. The van der Waals surface area contributed by atoms with Gasteiger partial charge in [-0.3, -0.25) is 0 Å². The number of nitriles is 1. The normalized spacial score (nSPS) is 10.4. The van der Waals surface area contributed by atoms with E-state index in [1.54, 1.807) is 6.07 Å². The highest BCUT2D eigenvalue weighted by molar-refractivity contribution is 5.80. The van der Waals surface area contributed by atoms with Gasteiger partial charge in [0.15, 0.2) is 0 Å². The largest absolute Gasteiger partial charge is 0.383 e. The Morgan fingerprint density at radius 3 is 2.54 bits per heavy atom. The summed E-state index contributed by atoms with van der Waals surface area (Å²) in [5, 5.41) is 9.34. The summed E-state index contributed by atoms with van der Waals surface area (Å²) < 4.78 is 27.7. The summed E-state index contributed by atoms with van der Waals surface area (Å²) >= 11 is 0. The molecular weight excluding hydrogens is 308 g/mol. The van der Waals surface area contributed by atoms with Crippen molar-refractivity contribution in [3.05, 3.63) is 71.3 Å². The number of nitrogen functional groups attached to an aromatic ring is 1. The Bertz CT molecular complexity index is 975. The van der Waals surface area contributed by atoms with Gasteiger partial charge < -0.3 is 5.73 Å². The van der Waals surface area contributed by atoms with Crippen LogP contribution >= 0.6 is 0 Å². The van der Waals surface area contributed by atoms with Gasteiger partial charge in [0.25, 0.3) is 0 Å². The van der Waals surface area contributed by atoms with Crippen molar-refractivity contribution in [2.75, 3.05) is 5.73 Å². The summed E-state index contributed by atoms with van der Waals surface area (Å²) in [5.41, 5.74) is 8.41. The molecule has 0 radical (unpaired) electrons. The molecule has 0 saturated heterocycles. The maximum absolute atomic E-state index is 14.2. The molecule has 1 heterocycles. The molecular formula is C19H13F2N3. The number of aryl methyl sites for hydroxylation is 1. The Hall–Kier alpha value is -3.26. The number of pyridine rings is 1. The van der Waals surface area contributed by atoms with Crippen LogP contribution in [0, 0.1) is 29.9 Å². The first kappa shape index (κ1) is 15.6. The summed E-state index contributed by atoms with van der Waals surface area (Å²) in [6.45, 7) is 1.93. The smallest absolute Gasteiger partial charge is 0.142 e. The Balaban J connectivity index is 2.29. The molecule has 0 bridgehead atoms.